The van der Waals surface area contributed by atoms with Crippen LogP contribution >= 0.6 is 11.3 Å². The number of carboxylic acids is 1. The van der Waals surface area contributed by atoms with Crippen molar-refractivity contribution in [3.05, 3.63) is 57.3 Å². The van der Waals surface area contributed by atoms with E-state index in [1.807, 2.05) is 23.5 Å². The minimum absolute atomic E-state index is 0.0375. The number of hydrogen-bond acceptors (Lipinski definition) is 5. The second-order valence-electron chi connectivity index (χ2n) is 14.7. The minimum Gasteiger partial charge on any atom is -0.481 e. The zero-order valence-electron chi connectivity index (χ0n) is 32.0. The lowest BCUT2D eigenvalue weighted by atomic mass is 9.81. The second-order valence-corrected chi connectivity index (χ2v) is 15.8. The summed E-state index contributed by atoms with van der Waals surface area (Å²) in [6, 6.07) is 11.0. The van der Waals surface area contributed by atoms with Crippen LogP contribution in [0, 0.1) is 0 Å². The van der Waals surface area contributed by atoms with Crippen LogP contribution in [0.5, 0.6) is 0 Å². The molecule has 2 atom stereocenters. The molecule has 2 unspecified atom stereocenters. The summed E-state index contributed by atoms with van der Waals surface area (Å²) in [7, 11) is 0. The SMILES string of the molecule is CCCNC(=O)CCCCCCCCCCCCCCCCC(=O)NCC(C(=O)O)c1cccc2c1CCC(N(CCC)CCc1cccs1)C2. The van der Waals surface area contributed by atoms with Crippen molar-refractivity contribution in [3.63, 3.8) is 0 Å². The van der Waals surface area contributed by atoms with E-state index >= 15 is 0 Å². The molecule has 3 N–H and O–H groups in total. The molecule has 1 aliphatic rings. The molecule has 1 aliphatic carbocycles. The van der Waals surface area contributed by atoms with Crippen molar-refractivity contribution in [2.45, 2.75) is 167 Å². The Labute approximate surface area is 313 Å². The zero-order valence-corrected chi connectivity index (χ0v) is 32.8. The molecule has 0 spiro atoms. The molecule has 8 heteroatoms. The first kappa shape index (κ1) is 42.7. The maximum atomic E-state index is 12.7. The summed E-state index contributed by atoms with van der Waals surface area (Å²) >= 11 is 1.83. The van der Waals surface area contributed by atoms with Crippen LogP contribution in [0.25, 0.3) is 0 Å². The number of benzene rings is 1. The Hall–Kier alpha value is -2.71. The number of rotatable bonds is 29. The molecule has 2 amide bonds. The van der Waals surface area contributed by atoms with Gasteiger partial charge in [0.25, 0.3) is 0 Å². The van der Waals surface area contributed by atoms with Crippen molar-refractivity contribution in [2.24, 2.45) is 0 Å². The van der Waals surface area contributed by atoms with E-state index < -0.39 is 11.9 Å². The topological polar surface area (TPSA) is 98.7 Å². The zero-order chi connectivity index (χ0) is 36.5. The molecule has 0 aliphatic heterocycles. The Balaban J connectivity index is 1.25. The monoisotopic (exact) mass is 724 g/mol. The van der Waals surface area contributed by atoms with Crippen LogP contribution in [-0.2, 0) is 33.6 Å². The van der Waals surface area contributed by atoms with Gasteiger partial charge in [0.05, 0.1) is 5.92 Å². The van der Waals surface area contributed by atoms with Gasteiger partial charge < -0.3 is 15.7 Å². The van der Waals surface area contributed by atoms with Gasteiger partial charge in [-0.25, -0.2) is 0 Å². The first-order chi connectivity index (χ1) is 24.9. The molecular formula is C43H69N3O4S. The fourth-order valence-corrected chi connectivity index (χ4v) is 8.31. The van der Waals surface area contributed by atoms with E-state index in [0.717, 1.165) is 95.8 Å². The molecule has 51 heavy (non-hydrogen) atoms. The fraction of sp³-hybridized carbons (Fsp3) is 0.698. The average molecular weight is 724 g/mol. The summed E-state index contributed by atoms with van der Waals surface area (Å²) in [5.74, 6) is -1.42. The van der Waals surface area contributed by atoms with Gasteiger partial charge in [-0.15, -0.1) is 11.3 Å². The highest BCUT2D eigenvalue weighted by Crippen LogP contribution is 2.32. The van der Waals surface area contributed by atoms with Gasteiger partial charge in [0.2, 0.25) is 11.8 Å². The number of nitrogens with one attached hydrogen (secondary N) is 2. The molecule has 0 fully saturated rings. The Morgan fingerprint density at radius 1 is 0.784 bits per heavy atom. The van der Waals surface area contributed by atoms with Gasteiger partial charge in [-0.2, -0.15) is 0 Å². The van der Waals surface area contributed by atoms with E-state index in [4.69, 9.17) is 0 Å². The molecule has 0 bridgehead atoms. The number of unbranched alkanes of at least 4 members (excludes halogenated alkanes) is 13. The Bertz CT molecular complexity index is 1250. The van der Waals surface area contributed by atoms with Crippen molar-refractivity contribution in [2.75, 3.05) is 26.2 Å². The lowest BCUT2D eigenvalue weighted by molar-refractivity contribution is -0.138. The van der Waals surface area contributed by atoms with E-state index in [9.17, 15) is 19.5 Å². The number of carboxylic acid groups (broad SMARTS) is 1. The second kappa shape index (κ2) is 26.1. The van der Waals surface area contributed by atoms with E-state index in [2.05, 4.69) is 53.0 Å². The van der Waals surface area contributed by atoms with Crippen LogP contribution < -0.4 is 10.6 Å². The number of carbonyl (C=O) groups excluding carboxylic acids is 2. The number of aliphatic carboxylic acids is 1. The van der Waals surface area contributed by atoms with Crippen molar-refractivity contribution < 1.29 is 19.5 Å². The van der Waals surface area contributed by atoms with E-state index in [1.54, 1.807) is 0 Å². The van der Waals surface area contributed by atoms with Gasteiger partial charge in [0, 0.05) is 43.4 Å². The smallest absolute Gasteiger partial charge is 0.312 e. The highest BCUT2D eigenvalue weighted by molar-refractivity contribution is 7.09. The molecule has 0 saturated heterocycles. The minimum atomic E-state index is -0.866. The van der Waals surface area contributed by atoms with Crippen LogP contribution in [0.1, 0.15) is 163 Å². The van der Waals surface area contributed by atoms with Gasteiger partial charge >= 0.3 is 5.97 Å². The van der Waals surface area contributed by atoms with E-state index in [-0.39, 0.29) is 18.4 Å². The molecule has 7 nitrogen and oxygen atoms in total. The van der Waals surface area contributed by atoms with Gasteiger partial charge in [-0.1, -0.05) is 115 Å². The summed E-state index contributed by atoms with van der Waals surface area (Å²) < 4.78 is 0. The Morgan fingerprint density at radius 3 is 1.94 bits per heavy atom. The summed E-state index contributed by atoms with van der Waals surface area (Å²) in [6.07, 6.45) is 24.0. The van der Waals surface area contributed by atoms with E-state index in [0.29, 0.717) is 18.9 Å². The lowest BCUT2D eigenvalue weighted by Crippen LogP contribution is -2.41. The number of fused-ring (bicyclic) bond motifs is 1. The summed E-state index contributed by atoms with van der Waals surface area (Å²) in [5.41, 5.74) is 3.33. The summed E-state index contributed by atoms with van der Waals surface area (Å²) in [6.45, 7) is 7.41. The number of amides is 2. The molecule has 1 heterocycles. The van der Waals surface area contributed by atoms with Gasteiger partial charge in [-0.3, -0.25) is 19.3 Å². The van der Waals surface area contributed by atoms with Crippen LogP contribution in [0.4, 0.5) is 0 Å². The highest BCUT2D eigenvalue weighted by atomic mass is 32.1. The van der Waals surface area contributed by atoms with Crippen molar-refractivity contribution >= 4 is 29.1 Å². The molecule has 1 aromatic heterocycles. The van der Waals surface area contributed by atoms with Crippen LogP contribution in [0.3, 0.4) is 0 Å². The molecule has 2 aromatic rings. The number of thiophene rings is 1. The fourth-order valence-electron chi connectivity index (χ4n) is 7.61. The first-order valence-electron chi connectivity index (χ1n) is 20.6. The lowest BCUT2D eigenvalue weighted by Gasteiger charge is -2.36. The number of hydrogen-bond donors (Lipinski definition) is 3. The Kier molecular flexibility index (Phi) is 21.9. The van der Waals surface area contributed by atoms with Crippen LogP contribution in [0.15, 0.2) is 35.7 Å². The number of nitrogens with zero attached hydrogens (tertiary/aromatic N) is 1. The standard InChI is InChI=1S/C43H69N3O4S/c1-3-29-44-41(47)24-17-15-13-11-9-7-5-6-8-10-12-14-16-18-25-42(48)45-34-40(43(49)50)39-23-19-21-35-33-36(26-27-38(35)39)46(30-4-2)31-28-37-22-20-32-51-37/h19-23,32,36,40H,3-18,24-31,33-34H2,1-2H3,(H,44,47)(H,45,48)(H,49,50). The summed E-state index contributed by atoms with van der Waals surface area (Å²) in [4.78, 5) is 40.8. The van der Waals surface area contributed by atoms with Gasteiger partial charge in [-0.05, 0) is 86.0 Å². The molecule has 3 rings (SSSR count). The predicted molar refractivity (Wildman–Crippen MR) is 213 cm³/mol. The van der Waals surface area contributed by atoms with E-state index in [1.165, 1.54) is 73.8 Å². The number of carbonyl (C=O) groups is 3. The maximum absolute atomic E-state index is 12.7. The van der Waals surface area contributed by atoms with Crippen LogP contribution in [-0.4, -0.2) is 60.0 Å². The quantitative estimate of drug-likeness (QED) is 0.0727. The van der Waals surface area contributed by atoms with Crippen molar-refractivity contribution in [1.82, 2.24) is 15.5 Å². The average Bonchev–Trinajstić information content (AvgIpc) is 3.66. The molecule has 1 aromatic carbocycles. The largest absolute Gasteiger partial charge is 0.481 e. The van der Waals surface area contributed by atoms with Crippen LogP contribution in [0.2, 0.25) is 0 Å². The highest BCUT2D eigenvalue weighted by Gasteiger charge is 2.29. The first-order valence-corrected chi connectivity index (χ1v) is 21.4. The molecule has 0 radical (unpaired) electrons. The maximum Gasteiger partial charge on any atom is 0.312 e. The Morgan fingerprint density at radius 2 is 1.39 bits per heavy atom. The summed E-state index contributed by atoms with van der Waals surface area (Å²) in [5, 5.41) is 18.3. The van der Waals surface area contributed by atoms with Gasteiger partial charge in [0.15, 0.2) is 0 Å². The van der Waals surface area contributed by atoms with Crippen molar-refractivity contribution in [1.29, 1.82) is 0 Å². The third kappa shape index (κ3) is 17.1. The third-order valence-electron chi connectivity index (χ3n) is 10.6. The third-order valence-corrected chi connectivity index (χ3v) is 11.5. The van der Waals surface area contributed by atoms with Crippen molar-refractivity contribution in [3.8, 4) is 0 Å². The molecule has 286 valence electrons. The molecule has 0 saturated carbocycles. The normalized spacial score (nSPS) is 14.7. The molecular weight excluding hydrogens is 655 g/mol. The van der Waals surface area contributed by atoms with Gasteiger partial charge in [0.1, 0.15) is 0 Å². The predicted octanol–water partition coefficient (Wildman–Crippen LogP) is 9.61.